The van der Waals surface area contributed by atoms with Gasteiger partial charge in [-0.3, -0.25) is 4.21 Å². The Morgan fingerprint density at radius 2 is 2.25 bits per heavy atom. The molecule has 0 amide bonds. The molecule has 3 rings (SSSR count). The molecule has 2 bridgehead atoms. The summed E-state index contributed by atoms with van der Waals surface area (Å²) in [5.74, 6) is 0.608. The third kappa shape index (κ3) is 2.27. The molecule has 1 aromatic rings. The zero-order valence-corrected chi connectivity index (χ0v) is 12.3. The highest BCUT2D eigenvalue weighted by molar-refractivity contribution is 7.86. The molecule has 0 saturated carbocycles. The zero-order chi connectivity index (χ0) is 14.1. The summed E-state index contributed by atoms with van der Waals surface area (Å²) >= 11 is 0. The van der Waals surface area contributed by atoms with Gasteiger partial charge >= 0.3 is 0 Å². The topological polar surface area (TPSA) is 50.1 Å². The summed E-state index contributed by atoms with van der Waals surface area (Å²) in [6, 6.07) is 7.90. The second kappa shape index (κ2) is 5.41. The fraction of sp³-hybridized carbons (Fsp3) is 0.438. The summed E-state index contributed by atoms with van der Waals surface area (Å²) < 4.78 is 17.4. The molecule has 3 atom stereocenters. The van der Waals surface area contributed by atoms with E-state index in [-0.39, 0.29) is 5.25 Å². The van der Waals surface area contributed by atoms with Crippen LogP contribution in [0.1, 0.15) is 36.8 Å². The average Bonchev–Trinajstić information content (AvgIpc) is 2.46. The van der Waals surface area contributed by atoms with Gasteiger partial charge in [-0.05, 0) is 42.5 Å². The van der Waals surface area contributed by atoms with Crippen molar-refractivity contribution >= 4 is 16.4 Å². The van der Waals surface area contributed by atoms with Crippen molar-refractivity contribution < 1.29 is 8.95 Å². The van der Waals surface area contributed by atoms with Gasteiger partial charge in [0.1, 0.15) is 11.8 Å². The maximum Gasteiger partial charge on any atom is 0.136 e. The molecule has 2 aliphatic heterocycles. The molecule has 0 N–H and O–H groups in total. The lowest BCUT2D eigenvalue weighted by Crippen LogP contribution is -2.33. The van der Waals surface area contributed by atoms with Gasteiger partial charge < -0.3 is 4.74 Å². The summed E-state index contributed by atoms with van der Waals surface area (Å²) in [6.45, 7) is 0. The van der Waals surface area contributed by atoms with Gasteiger partial charge in [-0.15, -0.1) is 0 Å². The van der Waals surface area contributed by atoms with Crippen LogP contribution in [0.3, 0.4) is 0 Å². The summed E-state index contributed by atoms with van der Waals surface area (Å²) in [4.78, 5) is 0. The molecule has 0 aliphatic carbocycles. The van der Waals surface area contributed by atoms with Crippen molar-refractivity contribution in [1.29, 1.82) is 5.26 Å². The zero-order valence-electron chi connectivity index (χ0n) is 11.5. The van der Waals surface area contributed by atoms with Crippen LogP contribution in [0, 0.1) is 11.3 Å². The SMILES string of the molecule is COc1ccc(C2=CC3CCCC(C2)S3=O)cc1C#N. The Hall–Kier alpha value is -1.60. The molecule has 104 valence electrons. The van der Waals surface area contributed by atoms with Crippen LogP contribution < -0.4 is 4.74 Å². The molecular weight excluding hydrogens is 270 g/mol. The lowest BCUT2D eigenvalue weighted by atomic mass is 9.92. The van der Waals surface area contributed by atoms with Crippen molar-refractivity contribution in [2.75, 3.05) is 7.11 Å². The van der Waals surface area contributed by atoms with Crippen LogP contribution in [0.5, 0.6) is 5.75 Å². The first-order valence-electron chi connectivity index (χ1n) is 6.91. The Balaban J connectivity index is 1.98. The number of hydrogen-bond acceptors (Lipinski definition) is 3. The van der Waals surface area contributed by atoms with Gasteiger partial charge in [0.15, 0.2) is 0 Å². The predicted octanol–water partition coefficient (Wildman–Crippen LogP) is 3.02. The number of nitriles is 1. The molecule has 2 aliphatic rings. The second-order valence-corrected chi connectivity index (χ2v) is 7.27. The first kappa shape index (κ1) is 13.4. The van der Waals surface area contributed by atoms with E-state index in [0.717, 1.165) is 24.8 Å². The van der Waals surface area contributed by atoms with E-state index in [1.807, 2.05) is 18.2 Å². The average molecular weight is 287 g/mol. The van der Waals surface area contributed by atoms with Gasteiger partial charge in [0.25, 0.3) is 0 Å². The smallest absolute Gasteiger partial charge is 0.136 e. The lowest BCUT2D eigenvalue weighted by Gasteiger charge is -2.32. The van der Waals surface area contributed by atoms with E-state index in [9.17, 15) is 9.47 Å². The molecule has 0 radical (unpaired) electrons. The van der Waals surface area contributed by atoms with Gasteiger partial charge in [-0.2, -0.15) is 5.26 Å². The number of benzene rings is 1. The lowest BCUT2D eigenvalue weighted by molar-refractivity contribution is 0.413. The van der Waals surface area contributed by atoms with Gasteiger partial charge in [-0.25, -0.2) is 0 Å². The standard InChI is InChI=1S/C16H17NO2S/c1-19-16-6-5-11(7-13(16)10-17)12-8-14-3-2-4-15(9-12)20(14)18/h5-8,14-15H,2-4,9H2,1H3. The highest BCUT2D eigenvalue weighted by Crippen LogP contribution is 2.37. The molecule has 20 heavy (non-hydrogen) atoms. The van der Waals surface area contributed by atoms with E-state index in [4.69, 9.17) is 4.74 Å². The Morgan fingerprint density at radius 3 is 2.95 bits per heavy atom. The van der Waals surface area contributed by atoms with E-state index in [2.05, 4.69) is 12.1 Å². The predicted molar refractivity (Wildman–Crippen MR) is 79.9 cm³/mol. The summed E-state index contributed by atoms with van der Waals surface area (Å²) in [5.41, 5.74) is 2.86. The van der Waals surface area contributed by atoms with Crippen molar-refractivity contribution in [2.45, 2.75) is 36.2 Å². The van der Waals surface area contributed by atoms with Crippen LogP contribution in [-0.4, -0.2) is 21.8 Å². The molecule has 1 aromatic carbocycles. The van der Waals surface area contributed by atoms with Crippen molar-refractivity contribution in [1.82, 2.24) is 0 Å². The van der Waals surface area contributed by atoms with E-state index in [0.29, 0.717) is 16.6 Å². The highest BCUT2D eigenvalue weighted by atomic mass is 32.2. The quantitative estimate of drug-likeness (QED) is 0.840. The Kier molecular flexibility index (Phi) is 3.62. The minimum Gasteiger partial charge on any atom is -0.495 e. The molecule has 0 aromatic heterocycles. The van der Waals surface area contributed by atoms with Gasteiger partial charge in [0, 0.05) is 16.0 Å². The molecule has 3 unspecified atom stereocenters. The summed E-state index contributed by atoms with van der Waals surface area (Å²) in [5, 5.41) is 9.67. The largest absolute Gasteiger partial charge is 0.495 e. The van der Waals surface area contributed by atoms with Crippen LogP contribution in [0.2, 0.25) is 0 Å². The van der Waals surface area contributed by atoms with Crippen LogP contribution in [0.4, 0.5) is 0 Å². The van der Waals surface area contributed by atoms with E-state index < -0.39 is 10.8 Å². The number of rotatable bonds is 2. The number of allylic oxidation sites excluding steroid dienone is 1. The minimum absolute atomic E-state index is 0.199. The first-order valence-corrected chi connectivity index (χ1v) is 8.19. The third-order valence-corrected chi connectivity index (χ3v) is 6.20. The number of hydrogen-bond donors (Lipinski definition) is 0. The number of fused-ring (bicyclic) bond motifs is 2. The Labute approximate surface area is 121 Å². The van der Waals surface area contributed by atoms with E-state index >= 15 is 0 Å². The normalized spacial score (nSPS) is 28.4. The van der Waals surface area contributed by atoms with Crippen molar-refractivity contribution in [3.8, 4) is 11.8 Å². The van der Waals surface area contributed by atoms with Crippen molar-refractivity contribution in [3.63, 3.8) is 0 Å². The molecule has 1 saturated heterocycles. The molecule has 2 heterocycles. The van der Waals surface area contributed by atoms with Gasteiger partial charge in [0.2, 0.25) is 0 Å². The Morgan fingerprint density at radius 1 is 1.40 bits per heavy atom. The van der Waals surface area contributed by atoms with Crippen LogP contribution in [0.15, 0.2) is 24.3 Å². The number of ether oxygens (including phenoxy) is 1. The second-order valence-electron chi connectivity index (χ2n) is 5.34. The maximum atomic E-state index is 12.2. The number of methoxy groups -OCH3 is 1. The van der Waals surface area contributed by atoms with E-state index in [1.54, 1.807) is 7.11 Å². The van der Waals surface area contributed by atoms with Crippen molar-refractivity contribution in [2.24, 2.45) is 0 Å². The molecule has 4 heteroatoms. The molecule has 0 spiro atoms. The molecule has 1 fully saturated rings. The summed E-state index contributed by atoms with van der Waals surface area (Å²) in [6.07, 6.45) is 6.28. The van der Waals surface area contributed by atoms with Gasteiger partial charge in [0.05, 0.1) is 17.9 Å². The fourth-order valence-electron chi connectivity index (χ4n) is 3.11. The van der Waals surface area contributed by atoms with Crippen LogP contribution in [-0.2, 0) is 10.8 Å². The first-order chi connectivity index (χ1) is 9.72. The number of nitrogens with zero attached hydrogens (tertiary/aromatic N) is 1. The third-order valence-electron chi connectivity index (χ3n) is 4.17. The van der Waals surface area contributed by atoms with Gasteiger partial charge in [-0.1, -0.05) is 18.6 Å². The molecular formula is C16H17NO2S. The summed E-state index contributed by atoms with van der Waals surface area (Å²) in [7, 11) is 0.863. The Bertz CT molecular complexity index is 630. The fourth-order valence-corrected chi connectivity index (χ4v) is 5.04. The highest BCUT2D eigenvalue weighted by Gasteiger charge is 2.33. The van der Waals surface area contributed by atoms with Crippen LogP contribution >= 0.6 is 0 Å². The minimum atomic E-state index is -0.710. The van der Waals surface area contributed by atoms with Crippen molar-refractivity contribution in [3.05, 3.63) is 35.4 Å². The maximum absolute atomic E-state index is 12.2. The van der Waals surface area contributed by atoms with E-state index in [1.165, 1.54) is 12.0 Å². The monoisotopic (exact) mass is 287 g/mol. The molecule has 3 nitrogen and oxygen atoms in total. The van der Waals surface area contributed by atoms with Crippen LogP contribution in [0.25, 0.3) is 5.57 Å².